The van der Waals surface area contributed by atoms with Gasteiger partial charge in [-0.15, -0.1) is 0 Å². The molecule has 1 aromatic rings. The Balaban J connectivity index is 3.36. The second-order valence-electron chi connectivity index (χ2n) is 3.44. The van der Waals surface area contributed by atoms with Crippen LogP contribution >= 0.6 is 31.9 Å². The lowest BCUT2D eigenvalue weighted by Crippen LogP contribution is -2.12. The maximum Gasteiger partial charge on any atom is 0.259 e. The van der Waals surface area contributed by atoms with E-state index in [1.807, 2.05) is 0 Å². The fourth-order valence-corrected chi connectivity index (χ4v) is 2.67. The number of primary amides is 1. The standard InChI is InChI=1S/C13H10Br2N2O2/c1-2-3-19-12-8(4-9(7-16)13(17)18)5-10(14)6-11(12)15/h2,4-6H,1,3H2,(H2,17,18)/b9-4-. The van der Waals surface area contributed by atoms with Gasteiger partial charge in [-0.25, -0.2) is 0 Å². The van der Waals surface area contributed by atoms with Crippen molar-refractivity contribution >= 4 is 43.8 Å². The Bertz CT molecular complexity index is 589. The van der Waals surface area contributed by atoms with Crippen LogP contribution < -0.4 is 10.5 Å². The zero-order chi connectivity index (χ0) is 14.4. The number of amides is 1. The molecule has 0 aliphatic rings. The van der Waals surface area contributed by atoms with Gasteiger partial charge in [-0.2, -0.15) is 5.26 Å². The third kappa shape index (κ3) is 4.23. The molecule has 0 saturated heterocycles. The Morgan fingerprint density at radius 3 is 2.74 bits per heavy atom. The minimum absolute atomic E-state index is 0.145. The molecular weight excluding hydrogens is 376 g/mol. The van der Waals surface area contributed by atoms with E-state index in [1.54, 1.807) is 24.3 Å². The normalized spacial score (nSPS) is 10.7. The van der Waals surface area contributed by atoms with E-state index < -0.39 is 5.91 Å². The number of hydrogen-bond acceptors (Lipinski definition) is 3. The van der Waals surface area contributed by atoms with Crippen molar-refractivity contribution in [1.82, 2.24) is 0 Å². The van der Waals surface area contributed by atoms with Crippen LogP contribution in [0.15, 0.2) is 39.3 Å². The highest BCUT2D eigenvalue weighted by Gasteiger charge is 2.11. The van der Waals surface area contributed by atoms with Crippen LogP contribution in [0, 0.1) is 11.3 Å². The van der Waals surface area contributed by atoms with Crippen LogP contribution in [0.25, 0.3) is 6.08 Å². The average Bonchev–Trinajstić information content (AvgIpc) is 2.34. The second kappa shape index (κ2) is 7.12. The first-order valence-electron chi connectivity index (χ1n) is 5.14. The largest absolute Gasteiger partial charge is 0.488 e. The van der Waals surface area contributed by atoms with E-state index in [1.165, 1.54) is 6.08 Å². The predicted molar refractivity (Wildman–Crippen MR) is 80.3 cm³/mol. The zero-order valence-corrected chi connectivity index (χ0v) is 13.0. The molecule has 0 radical (unpaired) electrons. The average molecular weight is 386 g/mol. The molecule has 2 N–H and O–H groups in total. The first kappa shape index (κ1) is 15.5. The molecule has 0 bridgehead atoms. The fourth-order valence-electron chi connectivity index (χ4n) is 1.30. The van der Waals surface area contributed by atoms with Gasteiger partial charge in [-0.1, -0.05) is 28.6 Å². The van der Waals surface area contributed by atoms with Crippen LogP contribution in [0.2, 0.25) is 0 Å². The summed E-state index contributed by atoms with van der Waals surface area (Å²) in [6, 6.07) is 5.28. The van der Waals surface area contributed by atoms with Gasteiger partial charge in [0.15, 0.2) is 0 Å². The fraction of sp³-hybridized carbons (Fsp3) is 0.0769. The van der Waals surface area contributed by atoms with E-state index in [-0.39, 0.29) is 5.57 Å². The van der Waals surface area contributed by atoms with E-state index in [2.05, 4.69) is 38.4 Å². The summed E-state index contributed by atoms with van der Waals surface area (Å²) in [7, 11) is 0. The van der Waals surface area contributed by atoms with E-state index in [9.17, 15) is 4.79 Å². The summed E-state index contributed by atoms with van der Waals surface area (Å²) in [5.41, 5.74) is 5.53. The van der Waals surface area contributed by atoms with E-state index in [4.69, 9.17) is 15.7 Å². The number of ether oxygens (including phenoxy) is 1. The SMILES string of the molecule is C=CCOc1c(Br)cc(Br)cc1/C=C(/C#N)C(N)=O. The molecule has 1 rings (SSSR count). The van der Waals surface area contributed by atoms with Gasteiger partial charge in [0.1, 0.15) is 24.0 Å². The maximum absolute atomic E-state index is 11.1. The molecule has 0 aliphatic carbocycles. The van der Waals surface area contributed by atoms with Gasteiger partial charge >= 0.3 is 0 Å². The number of carbonyl (C=O) groups excluding carboxylic acids is 1. The van der Waals surface area contributed by atoms with Gasteiger partial charge in [-0.3, -0.25) is 4.79 Å². The molecule has 0 saturated carbocycles. The van der Waals surface area contributed by atoms with Gasteiger partial charge < -0.3 is 10.5 Å². The summed E-state index contributed by atoms with van der Waals surface area (Å²) >= 11 is 6.69. The molecule has 0 spiro atoms. The third-order valence-corrected chi connectivity index (χ3v) is 3.12. The number of carbonyl (C=O) groups is 1. The Hall–Kier alpha value is -1.58. The molecule has 1 amide bonds. The molecule has 98 valence electrons. The van der Waals surface area contributed by atoms with Crippen LogP contribution in [-0.4, -0.2) is 12.5 Å². The van der Waals surface area contributed by atoms with Crippen molar-refractivity contribution in [2.24, 2.45) is 5.73 Å². The first-order valence-corrected chi connectivity index (χ1v) is 6.72. The Labute approximate surface area is 127 Å². The summed E-state index contributed by atoms with van der Waals surface area (Å²) in [6.07, 6.45) is 2.98. The van der Waals surface area contributed by atoms with Crippen molar-refractivity contribution in [1.29, 1.82) is 5.26 Å². The molecule has 19 heavy (non-hydrogen) atoms. The number of hydrogen-bond donors (Lipinski definition) is 1. The van der Waals surface area contributed by atoms with E-state index in [0.717, 1.165) is 4.47 Å². The van der Waals surface area contributed by atoms with Crippen LogP contribution in [0.4, 0.5) is 0 Å². The van der Waals surface area contributed by atoms with Gasteiger partial charge in [0.2, 0.25) is 0 Å². The minimum Gasteiger partial charge on any atom is -0.488 e. The first-order chi connectivity index (χ1) is 8.99. The second-order valence-corrected chi connectivity index (χ2v) is 5.21. The van der Waals surface area contributed by atoms with Crippen molar-refractivity contribution in [3.05, 3.63) is 44.9 Å². The molecule has 0 aromatic heterocycles. The van der Waals surface area contributed by atoms with Gasteiger partial charge in [0, 0.05) is 10.0 Å². The minimum atomic E-state index is -0.784. The number of nitrogens with zero attached hydrogens (tertiary/aromatic N) is 1. The highest BCUT2D eigenvalue weighted by molar-refractivity contribution is 9.11. The van der Waals surface area contributed by atoms with Crippen LogP contribution in [0.1, 0.15) is 5.56 Å². The summed E-state index contributed by atoms with van der Waals surface area (Å²) in [5, 5.41) is 8.86. The van der Waals surface area contributed by atoms with E-state index in [0.29, 0.717) is 22.4 Å². The van der Waals surface area contributed by atoms with E-state index >= 15 is 0 Å². The molecule has 6 heteroatoms. The van der Waals surface area contributed by atoms with Crippen LogP contribution in [0.3, 0.4) is 0 Å². The lowest BCUT2D eigenvalue weighted by molar-refractivity contribution is -0.114. The van der Waals surface area contributed by atoms with Crippen molar-refractivity contribution in [2.45, 2.75) is 0 Å². The highest BCUT2D eigenvalue weighted by Crippen LogP contribution is 2.34. The molecule has 0 fully saturated rings. The Morgan fingerprint density at radius 1 is 1.53 bits per heavy atom. The smallest absolute Gasteiger partial charge is 0.259 e. The predicted octanol–water partition coefficient (Wildman–Crippen LogP) is 3.17. The molecule has 4 nitrogen and oxygen atoms in total. The summed E-state index contributed by atoms with van der Waals surface area (Å²) < 4.78 is 6.97. The van der Waals surface area contributed by atoms with Crippen molar-refractivity contribution in [2.75, 3.05) is 6.61 Å². The van der Waals surface area contributed by atoms with Crippen LogP contribution in [0.5, 0.6) is 5.75 Å². The molecule has 0 atom stereocenters. The summed E-state index contributed by atoms with van der Waals surface area (Å²) in [6.45, 7) is 3.87. The summed E-state index contributed by atoms with van der Waals surface area (Å²) in [4.78, 5) is 11.1. The molecule has 1 aromatic carbocycles. The molecule has 0 unspecified atom stereocenters. The number of benzene rings is 1. The van der Waals surface area contributed by atoms with Gasteiger partial charge in [-0.05, 0) is 34.1 Å². The van der Waals surface area contributed by atoms with Crippen molar-refractivity contribution in [3.63, 3.8) is 0 Å². The number of rotatable bonds is 5. The monoisotopic (exact) mass is 384 g/mol. The van der Waals surface area contributed by atoms with Crippen LogP contribution in [-0.2, 0) is 4.79 Å². The number of nitrogens with two attached hydrogens (primary N) is 1. The lowest BCUT2D eigenvalue weighted by atomic mass is 10.1. The van der Waals surface area contributed by atoms with Gasteiger partial charge in [0.05, 0.1) is 4.47 Å². The highest BCUT2D eigenvalue weighted by atomic mass is 79.9. The lowest BCUT2D eigenvalue weighted by Gasteiger charge is -2.10. The number of nitriles is 1. The Kier molecular flexibility index (Phi) is 5.80. The zero-order valence-electron chi connectivity index (χ0n) is 9.82. The summed E-state index contributed by atoms with van der Waals surface area (Å²) in [5.74, 6) is -0.273. The Morgan fingerprint density at radius 2 is 2.21 bits per heavy atom. The topological polar surface area (TPSA) is 76.1 Å². The maximum atomic E-state index is 11.1. The van der Waals surface area contributed by atoms with Crippen molar-refractivity contribution in [3.8, 4) is 11.8 Å². The van der Waals surface area contributed by atoms with Gasteiger partial charge in [0.25, 0.3) is 5.91 Å². The molecular formula is C13H10Br2N2O2. The molecule has 0 aliphatic heterocycles. The quantitative estimate of drug-likeness (QED) is 0.480. The number of halogens is 2. The molecule has 0 heterocycles. The van der Waals surface area contributed by atoms with Crippen molar-refractivity contribution < 1.29 is 9.53 Å². The third-order valence-electron chi connectivity index (χ3n) is 2.07.